The van der Waals surface area contributed by atoms with Crippen molar-refractivity contribution in [2.24, 2.45) is 11.7 Å². The molecule has 0 saturated carbocycles. The molecule has 23 heavy (non-hydrogen) atoms. The Morgan fingerprint density at radius 1 is 1.39 bits per heavy atom. The van der Waals surface area contributed by atoms with Crippen molar-refractivity contribution in [3.8, 4) is 5.75 Å². The molecule has 1 amide bonds. The number of carbonyl (C=O) groups excluding carboxylic acids is 1. The van der Waals surface area contributed by atoms with E-state index in [2.05, 4.69) is 10.1 Å². The molecule has 1 aromatic carbocycles. The maximum Gasteiger partial charge on any atom is 0.422 e. The number of ether oxygens (including phenoxy) is 2. The average molecular weight is 332 g/mol. The number of alkyl halides is 3. The van der Waals surface area contributed by atoms with Crippen LogP contribution in [-0.2, 0) is 9.53 Å². The summed E-state index contributed by atoms with van der Waals surface area (Å²) in [6, 6.07) is 5.11. The van der Waals surface area contributed by atoms with Crippen molar-refractivity contribution in [1.82, 2.24) is 0 Å². The van der Waals surface area contributed by atoms with Crippen molar-refractivity contribution in [2.45, 2.75) is 25.1 Å². The molecule has 1 aromatic rings. The summed E-state index contributed by atoms with van der Waals surface area (Å²) < 4.78 is 46.3. The van der Waals surface area contributed by atoms with Crippen molar-refractivity contribution in [3.63, 3.8) is 0 Å². The molecule has 1 unspecified atom stereocenters. The van der Waals surface area contributed by atoms with E-state index < -0.39 is 18.8 Å². The van der Waals surface area contributed by atoms with Gasteiger partial charge in [0.05, 0.1) is 6.04 Å². The number of halogens is 3. The van der Waals surface area contributed by atoms with Crippen LogP contribution in [0.15, 0.2) is 24.3 Å². The van der Waals surface area contributed by atoms with Crippen molar-refractivity contribution in [3.05, 3.63) is 24.3 Å². The average Bonchev–Trinajstić information content (AvgIpc) is 2.53. The first-order valence-corrected chi connectivity index (χ1v) is 7.29. The second-order valence-corrected chi connectivity index (χ2v) is 5.40. The third-order valence-electron chi connectivity index (χ3n) is 3.58. The third kappa shape index (κ3) is 5.72. The molecular weight excluding hydrogens is 313 g/mol. The molecule has 2 rings (SSSR count). The number of hydrogen-bond acceptors (Lipinski definition) is 4. The predicted octanol–water partition coefficient (Wildman–Crippen LogP) is 2.32. The minimum absolute atomic E-state index is 0.0276. The second-order valence-electron chi connectivity index (χ2n) is 5.40. The lowest BCUT2D eigenvalue weighted by atomic mass is 9.92. The van der Waals surface area contributed by atoms with Gasteiger partial charge in [-0.05, 0) is 30.9 Å². The molecule has 5 nitrogen and oxygen atoms in total. The zero-order chi connectivity index (χ0) is 16.9. The van der Waals surface area contributed by atoms with Gasteiger partial charge >= 0.3 is 6.18 Å². The summed E-state index contributed by atoms with van der Waals surface area (Å²) in [5, 5.41) is 2.61. The molecule has 0 spiro atoms. The number of rotatable bonds is 5. The van der Waals surface area contributed by atoms with E-state index in [-0.39, 0.29) is 17.6 Å². The van der Waals surface area contributed by atoms with Gasteiger partial charge in [0, 0.05) is 25.0 Å². The van der Waals surface area contributed by atoms with Gasteiger partial charge in [-0.2, -0.15) is 13.2 Å². The molecular formula is C15H19F3N2O3. The maximum atomic E-state index is 12.1. The highest BCUT2D eigenvalue weighted by atomic mass is 19.4. The van der Waals surface area contributed by atoms with Gasteiger partial charge < -0.3 is 20.5 Å². The molecule has 3 N–H and O–H groups in total. The van der Waals surface area contributed by atoms with Gasteiger partial charge in [-0.15, -0.1) is 0 Å². The molecule has 0 aliphatic carbocycles. The van der Waals surface area contributed by atoms with Gasteiger partial charge in [-0.3, -0.25) is 4.79 Å². The Hall–Kier alpha value is -1.80. The van der Waals surface area contributed by atoms with Crippen molar-refractivity contribution in [2.75, 3.05) is 25.1 Å². The Morgan fingerprint density at radius 2 is 2.09 bits per heavy atom. The van der Waals surface area contributed by atoms with Crippen LogP contribution in [-0.4, -0.2) is 37.9 Å². The van der Waals surface area contributed by atoms with E-state index in [1.165, 1.54) is 18.2 Å². The number of hydrogen-bond donors (Lipinski definition) is 2. The fourth-order valence-electron chi connectivity index (χ4n) is 2.34. The fourth-order valence-corrected chi connectivity index (χ4v) is 2.34. The summed E-state index contributed by atoms with van der Waals surface area (Å²) >= 11 is 0. The van der Waals surface area contributed by atoms with Crippen LogP contribution < -0.4 is 15.8 Å². The fraction of sp³-hybridized carbons (Fsp3) is 0.533. The van der Waals surface area contributed by atoms with E-state index in [1.54, 1.807) is 6.07 Å². The van der Waals surface area contributed by atoms with Crippen molar-refractivity contribution in [1.29, 1.82) is 0 Å². The van der Waals surface area contributed by atoms with Crippen molar-refractivity contribution >= 4 is 11.6 Å². The monoisotopic (exact) mass is 332 g/mol. The van der Waals surface area contributed by atoms with Gasteiger partial charge in [-0.25, -0.2) is 0 Å². The first-order chi connectivity index (χ1) is 10.8. The molecule has 8 heteroatoms. The maximum absolute atomic E-state index is 12.1. The summed E-state index contributed by atoms with van der Waals surface area (Å²) in [5.74, 6) is -0.307. The summed E-state index contributed by atoms with van der Waals surface area (Å²) in [5.41, 5.74) is 6.29. The Kier molecular flexibility index (Phi) is 5.84. The highest BCUT2D eigenvalue weighted by Gasteiger charge is 2.29. The Balaban J connectivity index is 1.92. The Morgan fingerprint density at radius 3 is 2.74 bits per heavy atom. The standard InChI is InChI=1S/C15H19F3N2O3/c16-15(17,18)9-23-12-3-1-2-11(8-12)20-14(21)13(19)10-4-6-22-7-5-10/h1-3,8,10,13H,4-7,9,19H2,(H,20,21). The van der Waals surface area contributed by atoms with Gasteiger partial charge in [0.2, 0.25) is 5.91 Å². The predicted molar refractivity (Wildman–Crippen MR) is 78.1 cm³/mol. The van der Waals surface area contributed by atoms with Crippen LogP contribution in [0.25, 0.3) is 0 Å². The van der Waals surface area contributed by atoms with Gasteiger partial charge in [0.15, 0.2) is 6.61 Å². The molecule has 1 saturated heterocycles. The number of carbonyl (C=O) groups is 1. The Labute approximate surface area is 131 Å². The summed E-state index contributed by atoms with van der Waals surface area (Å²) in [6.07, 6.45) is -2.99. The number of benzene rings is 1. The van der Waals surface area contributed by atoms with Crippen LogP contribution in [0.5, 0.6) is 5.75 Å². The number of amides is 1. The molecule has 0 aromatic heterocycles. The van der Waals surface area contributed by atoms with Gasteiger partial charge in [0.1, 0.15) is 5.75 Å². The van der Waals surface area contributed by atoms with E-state index in [0.29, 0.717) is 31.7 Å². The summed E-state index contributed by atoms with van der Waals surface area (Å²) in [4.78, 5) is 12.1. The molecule has 1 aliphatic heterocycles. The van der Waals surface area contributed by atoms with Crippen LogP contribution in [0.3, 0.4) is 0 Å². The van der Waals surface area contributed by atoms with Gasteiger partial charge in [-0.1, -0.05) is 6.07 Å². The molecule has 1 fully saturated rings. The minimum atomic E-state index is -4.41. The molecule has 1 aliphatic rings. The van der Waals surface area contributed by atoms with E-state index in [4.69, 9.17) is 10.5 Å². The molecule has 128 valence electrons. The Bertz CT molecular complexity index is 531. The minimum Gasteiger partial charge on any atom is -0.484 e. The highest BCUT2D eigenvalue weighted by molar-refractivity contribution is 5.95. The molecule has 0 bridgehead atoms. The quantitative estimate of drug-likeness (QED) is 0.868. The largest absolute Gasteiger partial charge is 0.484 e. The van der Waals surface area contributed by atoms with E-state index in [9.17, 15) is 18.0 Å². The topological polar surface area (TPSA) is 73.6 Å². The molecule has 1 atom stereocenters. The van der Waals surface area contributed by atoms with Crippen LogP contribution in [0.4, 0.5) is 18.9 Å². The zero-order valence-corrected chi connectivity index (χ0v) is 12.4. The third-order valence-corrected chi connectivity index (χ3v) is 3.58. The lowest BCUT2D eigenvalue weighted by Crippen LogP contribution is -2.44. The van der Waals surface area contributed by atoms with E-state index in [1.807, 2.05) is 0 Å². The SMILES string of the molecule is NC(C(=O)Nc1cccc(OCC(F)(F)F)c1)C1CCOCC1. The molecule has 0 radical (unpaired) electrons. The first-order valence-electron chi connectivity index (χ1n) is 7.29. The number of nitrogens with two attached hydrogens (primary N) is 1. The normalized spacial score (nSPS) is 17.6. The summed E-state index contributed by atoms with van der Waals surface area (Å²) in [6.45, 7) is -0.231. The first kappa shape index (κ1) is 17.6. The van der Waals surface area contributed by atoms with Crippen LogP contribution in [0, 0.1) is 5.92 Å². The second kappa shape index (κ2) is 7.65. The zero-order valence-electron chi connectivity index (χ0n) is 12.4. The van der Waals surface area contributed by atoms with Gasteiger partial charge in [0.25, 0.3) is 0 Å². The van der Waals surface area contributed by atoms with Crippen LogP contribution in [0.2, 0.25) is 0 Å². The highest BCUT2D eigenvalue weighted by Crippen LogP contribution is 2.23. The van der Waals surface area contributed by atoms with Crippen molar-refractivity contribution < 1.29 is 27.4 Å². The summed E-state index contributed by atoms with van der Waals surface area (Å²) in [7, 11) is 0. The van der Waals surface area contributed by atoms with E-state index >= 15 is 0 Å². The lowest BCUT2D eigenvalue weighted by molar-refractivity contribution is -0.153. The van der Waals surface area contributed by atoms with Crippen LogP contribution >= 0.6 is 0 Å². The number of anilines is 1. The smallest absolute Gasteiger partial charge is 0.422 e. The lowest BCUT2D eigenvalue weighted by Gasteiger charge is -2.26. The van der Waals surface area contributed by atoms with Crippen LogP contribution in [0.1, 0.15) is 12.8 Å². The molecule has 1 heterocycles. The number of nitrogens with one attached hydrogen (secondary N) is 1. The van der Waals surface area contributed by atoms with E-state index in [0.717, 1.165) is 0 Å².